The molecule has 0 aromatic carbocycles. The van der Waals surface area contributed by atoms with Crippen molar-refractivity contribution in [3.05, 3.63) is 34.8 Å². The third kappa shape index (κ3) is 1.79. The van der Waals surface area contributed by atoms with Crippen LogP contribution in [0.25, 0.3) is 5.52 Å². The molecule has 0 aliphatic carbocycles. The standard InChI is InChI=1S/C11H11BrN2O2S/c12-8-3-4-9-6-13-11(14(9)7-8)10-2-1-5-17(10,15)16/h3-4,6-7,10H,1-2,5H2. The third-order valence-corrected chi connectivity index (χ3v) is 5.78. The zero-order chi connectivity index (χ0) is 12.0. The van der Waals surface area contributed by atoms with E-state index in [0.29, 0.717) is 12.2 Å². The van der Waals surface area contributed by atoms with Gasteiger partial charge in [0.05, 0.1) is 17.5 Å². The molecule has 6 heteroatoms. The Morgan fingerprint density at radius 1 is 1.41 bits per heavy atom. The number of nitrogens with zero attached hydrogens (tertiary/aromatic N) is 2. The van der Waals surface area contributed by atoms with Crippen LogP contribution in [0.2, 0.25) is 0 Å². The first kappa shape index (κ1) is 11.2. The highest BCUT2D eigenvalue weighted by Crippen LogP contribution is 2.34. The van der Waals surface area contributed by atoms with Crippen molar-refractivity contribution in [3.63, 3.8) is 0 Å². The van der Waals surface area contributed by atoms with Crippen molar-refractivity contribution >= 4 is 31.3 Å². The summed E-state index contributed by atoms with van der Waals surface area (Å²) >= 11 is 3.39. The number of halogens is 1. The Hall–Kier alpha value is -0.880. The molecule has 0 bridgehead atoms. The minimum atomic E-state index is -3.01. The summed E-state index contributed by atoms with van der Waals surface area (Å²) in [6.45, 7) is 0. The van der Waals surface area contributed by atoms with Gasteiger partial charge in [-0.1, -0.05) is 0 Å². The maximum absolute atomic E-state index is 11.9. The topological polar surface area (TPSA) is 51.4 Å². The van der Waals surface area contributed by atoms with E-state index < -0.39 is 15.1 Å². The van der Waals surface area contributed by atoms with Crippen LogP contribution in [0.3, 0.4) is 0 Å². The number of hydrogen-bond donors (Lipinski definition) is 0. The second kappa shape index (κ2) is 3.81. The van der Waals surface area contributed by atoms with Crippen molar-refractivity contribution in [1.82, 2.24) is 9.38 Å². The molecule has 2 aromatic heterocycles. The van der Waals surface area contributed by atoms with Gasteiger partial charge in [0.15, 0.2) is 9.84 Å². The van der Waals surface area contributed by atoms with Crippen LogP contribution in [-0.4, -0.2) is 23.6 Å². The van der Waals surface area contributed by atoms with Crippen LogP contribution < -0.4 is 0 Å². The number of hydrogen-bond acceptors (Lipinski definition) is 3. The van der Waals surface area contributed by atoms with E-state index in [4.69, 9.17) is 0 Å². The molecule has 0 saturated carbocycles. The molecule has 1 saturated heterocycles. The number of rotatable bonds is 1. The minimum absolute atomic E-state index is 0.278. The van der Waals surface area contributed by atoms with Gasteiger partial charge in [-0.05, 0) is 40.9 Å². The Morgan fingerprint density at radius 3 is 2.94 bits per heavy atom. The SMILES string of the molecule is O=S1(=O)CCCC1c1ncc2ccc(Br)cn12. The van der Waals surface area contributed by atoms with Crippen LogP contribution in [0.15, 0.2) is 29.0 Å². The van der Waals surface area contributed by atoms with Crippen LogP contribution in [0.4, 0.5) is 0 Å². The lowest BCUT2D eigenvalue weighted by Crippen LogP contribution is -2.11. The summed E-state index contributed by atoms with van der Waals surface area (Å²) in [6, 6.07) is 3.84. The van der Waals surface area contributed by atoms with Crippen molar-refractivity contribution in [2.45, 2.75) is 18.1 Å². The fraction of sp³-hybridized carbons (Fsp3) is 0.364. The van der Waals surface area contributed by atoms with Gasteiger partial charge in [-0.2, -0.15) is 0 Å². The third-order valence-electron chi connectivity index (χ3n) is 3.14. The smallest absolute Gasteiger partial charge is 0.160 e. The van der Waals surface area contributed by atoms with Gasteiger partial charge < -0.3 is 4.40 Å². The van der Waals surface area contributed by atoms with Crippen molar-refractivity contribution in [3.8, 4) is 0 Å². The van der Waals surface area contributed by atoms with E-state index >= 15 is 0 Å². The Bertz CT molecular complexity index is 678. The molecule has 1 aliphatic rings. The molecule has 1 unspecified atom stereocenters. The van der Waals surface area contributed by atoms with Crippen LogP contribution in [0.1, 0.15) is 23.9 Å². The predicted octanol–water partition coefficient (Wildman–Crippen LogP) is 2.35. The highest BCUT2D eigenvalue weighted by atomic mass is 79.9. The first-order valence-electron chi connectivity index (χ1n) is 5.42. The summed E-state index contributed by atoms with van der Waals surface area (Å²) in [4.78, 5) is 4.28. The van der Waals surface area contributed by atoms with Crippen molar-refractivity contribution in [2.24, 2.45) is 0 Å². The Labute approximate surface area is 108 Å². The monoisotopic (exact) mass is 314 g/mol. The molecule has 0 amide bonds. The first-order valence-corrected chi connectivity index (χ1v) is 7.93. The first-order chi connectivity index (χ1) is 8.08. The maximum atomic E-state index is 11.9. The molecule has 0 radical (unpaired) electrons. The zero-order valence-corrected chi connectivity index (χ0v) is 11.4. The quantitative estimate of drug-likeness (QED) is 0.812. The average molecular weight is 315 g/mol. The molecular weight excluding hydrogens is 304 g/mol. The fourth-order valence-electron chi connectivity index (χ4n) is 2.30. The number of pyridine rings is 1. The molecule has 3 heterocycles. The minimum Gasteiger partial charge on any atom is -0.302 e. The lowest BCUT2D eigenvalue weighted by Gasteiger charge is -2.08. The van der Waals surface area contributed by atoms with Crippen molar-refractivity contribution in [1.29, 1.82) is 0 Å². The molecule has 1 atom stereocenters. The summed E-state index contributed by atoms with van der Waals surface area (Å²) in [5, 5.41) is -0.445. The largest absolute Gasteiger partial charge is 0.302 e. The Morgan fingerprint density at radius 2 is 2.24 bits per heavy atom. The molecule has 0 spiro atoms. The summed E-state index contributed by atoms with van der Waals surface area (Å²) in [7, 11) is -3.01. The van der Waals surface area contributed by atoms with Crippen molar-refractivity contribution in [2.75, 3.05) is 5.75 Å². The number of aromatic nitrogens is 2. The maximum Gasteiger partial charge on any atom is 0.160 e. The van der Waals surface area contributed by atoms with Gasteiger partial charge in [-0.15, -0.1) is 0 Å². The van der Waals surface area contributed by atoms with Gasteiger partial charge >= 0.3 is 0 Å². The average Bonchev–Trinajstić information content (AvgIpc) is 2.80. The zero-order valence-electron chi connectivity index (χ0n) is 9.01. The van der Waals surface area contributed by atoms with Crippen molar-refractivity contribution < 1.29 is 8.42 Å². The molecule has 0 N–H and O–H groups in total. The van der Waals surface area contributed by atoms with Crippen LogP contribution in [-0.2, 0) is 9.84 Å². The Kier molecular flexibility index (Phi) is 2.52. The lowest BCUT2D eigenvalue weighted by molar-refractivity contribution is 0.588. The van der Waals surface area contributed by atoms with E-state index in [2.05, 4.69) is 20.9 Å². The molecule has 17 heavy (non-hydrogen) atoms. The number of imidazole rings is 1. The Balaban J connectivity index is 2.21. The summed E-state index contributed by atoms with van der Waals surface area (Å²) in [6.07, 6.45) is 4.99. The normalized spacial score (nSPS) is 23.2. The number of sulfone groups is 1. The predicted molar refractivity (Wildman–Crippen MR) is 68.7 cm³/mol. The van der Waals surface area contributed by atoms with Gasteiger partial charge in [0.1, 0.15) is 11.1 Å². The molecule has 4 nitrogen and oxygen atoms in total. The summed E-state index contributed by atoms with van der Waals surface area (Å²) < 4.78 is 26.6. The second-order valence-electron chi connectivity index (χ2n) is 4.26. The fourth-order valence-corrected chi connectivity index (χ4v) is 4.52. The van der Waals surface area contributed by atoms with E-state index in [-0.39, 0.29) is 5.75 Å². The summed E-state index contributed by atoms with van der Waals surface area (Å²) in [5.74, 6) is 0.916. The van der Waals surface area contributed by atoms with Crippen LogP contribution in [0, 0.1) is 0 Å². The van der Waals surface area contributed by atoms with E-state index in [1.54, 1.807) is 6.20 Å². The van der Waals surface area contributed by atoms with Crippen LogP contribution in [0.5, 0.6) is 0 Å². The van der Waals surface area contributed by atoms with Gasteiger partial charge in [-0.3, -0.25) is 0 Å². The highest BCUT2D eigenvalue weighted by molar-refractivity contribution is 9.10. The molecule has 2 aromatic rings. The summed E-state index contributed by atoms with van der Waals surface area (Å²) in [5.41, 5.74) is 0.922. The molecule has 1 fully saturated rings. The second-order valence-corrected chi connectivity index (χ2v) is 7.48. The molecule has 90 valence electrons. The van der Waals surface area contributed by atoms with Gasteiger partial charge in [0.2, 0.25) is 0 Å². The molecular formula is C11H11BrN2O2S. The van der Waals surface area contributed by atoms with Gasteiger partial charge in [0, 0.05) is 10.7 Å². The van der Waals surface area contributed by atoms with Gasteiger partial charge in [0.25, 0.3) is 0 Å². The van der Waals surface area contributed by atoms with Gasteiger partial charge in [-0.25, -0.2) is 13.4 Å². The van der Waals surface area contributed by atoms with E-state index in [9.17, 15) is 8.42 Å². The van der Waals surface area contributed by atoms with E-state index in [0.717, 1.165) is 16.4 Å². The molecule has 3 rings (SSSR count). The van der Waals surface area contributed by atoms with E-state index in [1.165, 1.54) is 0 Å². The highest BCUT2D eigenvalue weighted by Gasteiger charge is 2.35. The lowest BCUT2D eigenvalue weighted by atomic mass is 10.2. The van der Waals surface area contributed by atoms with E-state index in [1.807, 2.05) is 22.7 Å². The van der Waals surface area contributed by atoms with Crippen LogP contribution >= 0.6 is 15.9 Å². The molecule has 1 aliphatic heterocycles. The number of fused-ring (bicyclic) bond motifs is 1.